The molecule has 0 unspecified atom stereocenters. The van der Waals surface area contributed by atoms with Crippen molar-refractivity contribution in [2.45, 2.75) is 61.4 Å². The number of hydrogen-bond acceptors (Lipinski definition) is 18. The van der Waals surface area contributed by atoms with Gasteiger partial charge in [-0.15, -0.1) is 0 Å². The van der Waals surface area contributed by atoms with Gasteiger partial charge in [-0.05, 0) is 23.8 Å². The Bertz CT molecular complexity index is 2040. The first-order valence-corrected chi connectivity index (χ1v) is 17.3. The van der Waals surface area contributed by atoms with Gasteiger partial charge >= 0.3 is 17.3 Å². The van der Waals surface area contributed by atoms with E-state index in [1.54, 1.807) is 12.1 Å². The van der Waals surface area contributed by atoms with E-state index < -0.39 is 86.3 Å². The number of hydrogen-bond donors (Lipinski definition) is 10. The molecule has 19 nitrogen and oxygen atoms in total. The van der Waals surface area contributed by atoms with E-state index >= 15 is 0 Å². The molecule has 0 bridgehead atoms. The number of aliphatic hydroxyl groups is 7. The monoisotopic (exact) mass is 801 g/mol. The van der Waals surface area contributed by atoms with Crippen molar-refractivity contribution in [1.29, 1.82) is 0 Å². The van der Waals surface area contributed by atoms with Gasteiger partial charge in [0.25, 0.3) is 0 Å². The van der Waals surface area contributed by atoms with Gasteiger partial charge in [0.1, 0.15) is 78.1 Å². The minimum atomic E-state index is -1.92. The summed E-state index contributed by atoms with van der Waals surface area (Å²) in [6.45, 7) is -1.36. The van der Waals surface area contributed by atoms with Crippen LogP contribution < -0.4 is 18.9 Å². The first kappa shape index (κ1) is 41.2. The van der Waals surface area contributed by atoms with Gasteiger partial charge in [-0.25, -0.2) is 9.21 Å². The van der Waals surface area contributed by atoms with Gasteiger partial charge < -0.3 is 84.2 Å². The number of ether oxygens (including phenoxy) is 7. The molecule has 306 valence electrons. The van der Waals surface area contributed by atoms with Crippen LogP contribution >= 0.6 is 0 Å². The van der Waals surface area contributed by atoms with Gasteiger partial charge in [0, 0.05) is 30.3 Å². The highest BCUT2D eigenvalue weighted by atomic mass is 16.7. The summed E-state index contributed by atoms with van der Waals surface area (Å²) in [4.78, 5) is 12.5. The lowest BCUT2D eigenvalue weighted by Gasteiger charge is -2.39. The zero-order valence-corrected chi connectivity index (χ0v) is 30.2. The number of aromatic hydroxyl groups is 3. The standard InChI is InChI=1S/C38H40O19/c1-50-23-9-17(10-24(51-2)29(23)43)36-25(13-20-21(53-36)11-19(41)12-22(20)54-37-34(48)32(46)30(44)26(14-39)56-37)55-38-35(49)33(47)31(45)27(57-38)15-52-28(42)8-5-16-3-6-18(40)7-4-16/h3-13,26-27,30-35,37-39,44-49H,14-15H2,1-2H3,(H2-,40,41,42,43)/p+1/t26-,27+,30+,31+,32-,33+,34+,35+,37+,38+/m0/s1. The third kappa shape index (κ3) is 8.76. The highest BCUT2D eigenvalue weighted by Crippen LogP contribution is 2.46. The van der Waals surface area contributed by atoms with Crippen molar-refractivity contribution in [2.75, 3.05) is 27.4 Å². The number of aliphatic hydroxyl groups excluding tert-OH is 7. The molecule has 10 atom stereocenters. The molecule has 3 aromatic carbocycles. The Morgan fingerprint density at radius 2 is 1.28 bits per heavy atom. The van der Waals surface area contributed by atoms with Crippen LogP contribution in [-0.2, 0) is 19.0 Å². The maximum atomic E-state index is 12.5. The summed E-state index contributed by atoms with van der Waals surface area (Å²) in [6.07, 6.45) is -14.7. The van der Waals surface area contributed by atoms with E-state index in [1.165, 1.54) is 56.7 Å². The summed E-state index contributed by atoms with van der Waals surface area (Å²) in [7, 11) is 2.56. The number of fused-ring (bicyclic) bond motifs is 1. The van der Waals surface area contributed by atoms with Crippen LogP contribution in [0.5, 0.6) is 40.2 Å². The predicted octanol–water partition coefficient (Wildman–Crippen LogP) is 0.137. The van der Waals surface area contributed by atoms with Gasteiger partial charge in [-0.2, -0.15) is 0 Å². The molecule has 0 amide bonds. The van der Waals surface area contributed by atoms with Crippen molar-refractivity contribution in [2.24, 2.45) is 0 Å². The summed E-state index contributed by atoms with van der Waals surface area (Å²) in [5, 5.41) is 104. The fourth-order valence-electron chi connectivity index (χ4n) is 6.11. The summed E-state index contributed by atoms with van der Waals surface area (Å²) < 4.78 is 45.3. The Morgan fingerprint density at radius 1 is 0.702 bits per heavy atom. The number of carbonyl (C=O) groups excluding carboxylic acids is 1. The summed E-state index contributed by atoms with van der Waals surface area (Å²) in [6, 6.07) is 12.2. The molecule has 3 heterocycles. The van der Waals surface area contributed by atoms with E-state index in [4.69, 9.17) is 37.6 Å². The number of methoxy groups -OCH3 is 2. The zero-order chi connectivity index (χ0) is 41.1. The first-order chi connectivity index (χ1) is 27.2. The lowest BCUT2D eigenvalue weighted by Crippen LogP contribution is -2.60. The molecule has 0 radical (unpaired) electrons. The smallest absolute Gasteiger partial charge is 0.402 e. The topological polar surface area (TPSA) is 295 Å². The fourth-order valence-corrected chi connectivity index (χ4v) is 6.11. The molecule has 10 N–H and O–H groups in total. The van der Waals surface area contributed by atoms with Crippen LogP contribution in [0.4, 0.5) is 0 Å². The molecule has 6 rings (SSSR count). The Labute approximate surface area is 322 Å². The van der Waals surface area contributed by atoms with Crippen molar-refractivity contribution in [3.05, 3.63) is 66.2 Å². The second kappa shape index (κ2) is 17.3. The Kier molecular flexibility index (Phi) is 12.5. The van der Waals surface area contributed by atoms with Gasteiger partial charge in [-0.3, -0.25) is 0 Å². The number of rotatable bonds is 12. The Hall–Kier alpha value is -5.48. The molecule has 4 aromatic rings. The van der Waals surface area contributed by atoms with Crippen LogP contribution in [0.2, 0.25) is 0 Å². The van der Waals surface area contributed by atoms with E-state index in [1.807, 2.05) is 0 Å². The summed E-state index contributed by atoms with van der Waals surface area (Å²) >= 11 is 0. The average molecular weight is 802 g/mol. The normalized spacial score (nSPS) is 27.6. The van der Waals surface area contributed by atoms with E-state index in [9.17, 15) is 55.9 Å². The molecule has 57 heavy (non-hydrogen) atoms. The molecular formula is C38H41O19+. The van der Waals surface area contributed by atoms with Crippen molar-refractivity contribution in [3.8, 4) is 51.6 Å². The molecule has 0 saturated carbocycles. The highest BCUT2D eigenvalue weighted by molar-refractivity contribution is 5.89. The van der Waals surface area contributed by atoms with Crippen molar-refractivity contribution in [1.82, 2.24) is 0 Å². The Balaban J connectivity index is 1.36. The van der Waals surface area contributed by atoms with Crippen LogP contribution in [0.25, 0.3) is 28.4 Å². The largest absolute Gasteiger partial charge is 0.508 e. The number of esters is 1. The lowest BCUT2D eigenvalue weighted by atomic mass is 9.99. The molecule has 0 aliphatic carbocycles. The molecule has 2 saturated heterocycles. The molecule has 1 aromatic heterocycles. The number of phenolic OH excluding ortho intramolecular Hbond substituents is 3. The van der Waals surface area contributed by atoms with Gasteiger partial charge in [-0.1, -0.05) is 12.1 Å². The van der Waals surface area contributed by atoms with E-state index in [-0.39, 0.29) is 56.8 Å². The molecule has 19 heteroatoms. The van der Waals surface area contributed by atoms with E-state index in [0.29, 0.717) is 5.56 Å². The number of carbonyl (C=O) groups is 1. The molecule has 2 aliphatic rings. The van der Waals surface area contributed by atoms with Crippen LogP contribution in [0.3, 0.4) is 0 Å². The van der Waals surface area contributed by atoms with Gasteiger partial charge in [0.2, 0.25) is 24.1 Å². The Morgan fingerprint density at radius 3 is 1.88 bits per heavy atom. The zero-order valence-electron chi connectivity index (χ0n) is 30.2. The molecule has 0 spiro atoms. The van der Waals surface area contributed by atoms with E-state index in [0.717, 1.165) is 12.1 Å². The van der Waals surface area contributed by atoms with Crippen LogP contribution in [0.15, 0.2) is 65.1 Å². The van der Waals surface area contributed by atoms with Gasteiger partial charge in [0.15, 0.2) is 11.5 Å². The number of phenols is 3. The maximum Gasteiger partial charge on any atom is 0.402 e. The van der Waals surface area contributed by atoms with Crippen LogP contribution in [0, 0.1) is 0 Å². The average Bonchev–Trinajstić information content (AvgIpc) is 3.20. The fraction of sp³-hybridized carbons (Fsp3) is 0.368. The minimum Gasteiger partial charge on any atom is -0.508 e. The molecular weight excluding hydrogens is 760 g/mol. The lowest BCUT2D eigenvalue weighted by molar-refractivity contribution is -0.278. The molecule has 2 aliphatic heterocycles. The minimum absolute atomic E-state index is 0.0120. The summed E-state index contributed by atoms with van der Waals surface area (Å²) in [5.74, 6) is -2.39. The second-order valence-corrected chi connectivity index (χ2v) is 13.0. The third-order valence-electron chi connectivity index (χ3n) is 9.24. The SMILES string of the molecule is COc1cc(-c2[o+]c3cc(O)cc(O[C@@H]4O[C@@H](CO)[C@@H](O)[C@H](O)[C@H]4O)c3cc2O[C@@H]2O[C@H](COC(=O)C=Cc3ccc(O)cc3)[C@@H](O)[C@@H](O)[C@H]2O)cc(OC)c1O. The molecule has 2 fully saturated rings. The third-order valence-corrected chi connectivity index (χ3v) is 9.24. The van der Waals surface area contributed by atoms with Crippen molar-refractivity contribution < 1.29 is 93.4 Å². The summed E-state index contributed by atoms with van der Waals surface area (Å²) in [5.41, 5.74) is 0.617. The highest BCUT2D eigenvalue weighted by Gasteiger charge is 2.47. The van der Waals surface area contributed by atoms with E-state index in [2.05, 4.69) is 0 Å². The maximum absolute atomic E-state index is 12.5. The first-order valence-electron chi connectivity index (χ1n) is 17.3. The predicted molar refractivity (Wildman–Crippen MR) is 192 cm³/mol. The quantitative estimate of drug-likeness (QED) is 0.0518. The van der Waals surface area contributed by atoms with Crippen molar-refractivity contribution in [3.63, 3.8) is 0 Å². The van der Waals surface area contributed by atoms with Gasteiger partial charge in [0.05, 0.1) is 32.5 Å². The van der Waals surface area contributed by atoms with Crippen LogP contribution in [0.1, 0.15) is 5.56 Å². The second-order valence-electron chi connectivity index (χ2n) is 13.0. The van der Waals surface area contributed by atoms with Crippen LogP contribution in [-0.4, -0.2) is 146 Å². The number of benzene rings is 3. The van der Waals surface area contributed by atoms with Crippen molar-refractivity contribution >= 4 is 23.0 Å².